The minimum atomic E-state index is -3.04. The van der Waals surface area contributed by atoms with Gasteiger partial charge in [-0.25, -0.2) is 8.42 Å². The zero-order valence-electron chi connectivity index (χ0n) is 34.0. The predicted molar refractivity (Wildman–Crippen MR) is 230 cm³/mol. The van der Waals surface area contributed by atoms with Gasteiger partial charge in [0.2, 0.25) is 11.8 Å². The number of nitrogens with zero attached hydrogens (tertiary/aromatic N) is 3. The molecule has 0 bridgehead atoms. The monoisotopic (exact) mass is 872 g/mol. The highest BCUT2D eigenvalue weighted by molar-refractivity contribution is 7.91. The summed E-state index contributed by atoms with van der Waals surface area (Å²) in [5, 5.41) is 5.59. The molecule has 322 valence electrons. The third-order valence-electron chi connectivity index (χ3n) is 11.3. The Balaban J connectivity index is 0.869. The average molecular weight is 873 g/mol. The Morgan fingerprint density at radius 1 is 0.951 bits per heavy atom. The number of carbonyl (C=O) groups excluding carboxylic acids is 5. The second kappa shape index (κ2) is 18.4. The molecule has 2 fully saturated rings. The number of pyridine rings is 1. The Kier molecular flexibility index (Phi) is 13.0. The lowest BCUT2D eigenvalue weighted by Gasteiger charge is -2.27. The third kappa shape index (κ3) is 9.54. The number of methoxy groups -OCH3 is 1. The van der Waals surface area contributed by atoms with Crippen LogP contribution in [0, 0.1) is 0 Å². The average Bonchev–Trinajstić information content (AvgIpc) is 3.80. The summed E-state index contributed by atoms with van der Waals surface area (Å²) in [5.74, 6) is -1.13. The van der Waals surface area contributed by atoms with E-state index in [1.165, 1.54) is 23.0 Å². The molecule has 0 saturated carbocycles. The molecule has 3 aliphatic rings. The van der Waals surface area contributed by atoms with Gasteiger partial charge in [0.1, 0.15) is 21.7 Å². The Bertz CT molecular complexity index is 2600. The van der Waals surface area contributed by atoms with Crippen LogP contribution in [0.1, 0.15) is 88.9 Å². The van der Waals surface area contributed by atoms with Crippen molar-refractivity contribution in [1.29, 1.82) is 0 Å². The Labute approximate surface area is 356 Å². The number of nitrogens with two attached hydrogens (primary N) is 1. The summed E-state index contributed by atoms with van der Waals surface area (Å²) in [6.45, 7) is 0.254. The highest BCUT2D eigenvalue weighted by atomic mass is 32.2. The van der Waals surface area contributed by atoms with Gasteiger partial charge in [0, 0.05) is 36.5 Å². The quantitative estimate of drug-likeness (QED) is 0.0638. The number of unbranched alkanes of at least 4 members (excludes halogenated alkanes) is 4. The molecule has 5 amide bonds. The van der Waals surface area contributed by atoms with Crippen LogP contribution in [0.15, 0.2) is 58.4 Å². The van der Waals surface area contributed by atoms with Crippen LogP contribution in [0.3, 0.4) is 0 Å². The van der Waals surface area contributed by atoms with E-state index in [1.807, 2.05) is 12.1 Å². The molecule has 0 spiro atoms. The van der Waals surface area contributed by atoms with Crippen LogP contribution >= 0.6 is 11.3 Å². The first-order valence-corrected chi connectivity index (χ1v) is 23.0. The van der Waals surface area contributed by atoms with Crippen molar-refractivity contribution in [1.82, 2.24) is 20.1 Å². The number of hydrogen-bond donors (Lipinski definition) is 3. The number of ether oxygens (including phenoxy) is 2. The number of piperidine rings is 1. The molecule has 1 atom stereocenters. The molecular formula is C43H48N6O10S2. The van der Waals surface area contributed by atoms with E-state index in [0.29, 0.717) is 57.8 Å². The number of aromatic nitrogens is 1. The molecule has 18 heteroatoms. The number of sulfone groups is 1. The van der Waals surface area contributed by atoms with Crippen LogP contribution in [0.2, 0.25) is 0 Å². The minimum Gasteiger partial charge on any atom is -0.493 e. The maximum atomic E-state index is 13.3. The van der Waals surface area contributed by atoms with E-state index < -0.39 is 39.5 Å². The molecular weight excluding hydrogens is 825 g/mol. The number of aliphatic imine (C=N–C) groups is 1. The third-order valence-corrected chi connectivity index (χ3v) is 14.2. The number of aryl methyl sites for hydroxylation is 2. The highest BCUT2D eigenvalue weighted by Crippen LogP contribution is 2.38. The number of benzene rings is 2. The van der Waals surface area contributed by atoms with E-state index >= 15 is 0 Å². The number of amidine groups is 1. The predicted octanol–water partition coefficient (Wildman–Crippen LogP) is 3.65. The van der Waals surface area contributed by atoms with Gasteiger partial charge in [0.25, 0.3) is 23.3 Å². The van der Waals surface area contributed by atoms with E-state index in [9.17, 15) is 37.2 Å². The molecule has 5 heterocycles. The fourth-order valence-corrected chi connectivity index (χ4v) is 10.5. The molecule has 16 nitrogen and oxygen atoms in total. The number of hydrogen-bond acceptors (Lipinski definition) is 12. The van der Waals surface area contributed by atoms with Crippen molar-refractivity contribution in [2.75, 3.05) is 31.8 Å². The molecule has 61 heavy (non-hydrogen) atoms. The van der Waals surface area contributed by atoms with Gasteiger partial charge in [-0.15, -0.1) is 11.3 Å². The molecule has 2 saturated heterocycles. The second-order valence-electron chi connectivity index (χ2n) is 15.5. The first kappa shape index (κ1) is 43.2. The van der Waals surface area contributed by atoms with Gasteiger partial charge in [0.15, 0.2) is 18.1 Å². The van der Waals surface area contributed by atoms with Crippen LogP contribution in [-0.4, -0.2) is 97.1 Å². The Morgan fingerprint density at radius 3 is 2.46 bits per heavy atom. The summed E-state index contributed by atoms with van der Waals surface area (Å²) in [4.78, 5) is 82.5. The summed E-state index contributed by atoms with van der Waals surface area (Å²) in [5.41, 5.74) is 9.09. The van der Waals surface area contributed by atoms with Crippen molar-refractivity contribution in [2.24, 2.45) is 17.8 Å². The number of thiophene rings is 1. The van der Waals surface area contributed by atoms with Crippen LogP contribution in [0.5, 0.6) is 11.5 Å². The van der Waals surface area contributed by atoms with Crippen molar-refractivity contribution in [2.45, 2.75) is 76.3 Å². The Morgan fingerprint density at radius 2 is 1.70 bits per heavy atom. The summed E-state index contributed by atoms with van der Waals surface area (Å²) < 4.78 is 37.4. The normalized spacial score (nSPS) is 18.0. The smallest absolute Gasteiger partial charge is 0.262 e. The SMILES string of the molecule is COc1cc(-c2cn(C)c(=O)c3cc(C(N)=NC4CCS(=O)(=O)CC4)sc23)ccc1OCC(=O)NCCCCCCCc1cccc2c1C(=O)N(C1CCC(=O)NC1=O)C2=O. The van der Waals surface area contributed by atoms with Crippen molar-refractivity contribution < 1.29 is 41.9 Å². The molecule has 7 rings (SSSR count). The first-order valence-electron chi connectivity index (χ1n) is 20.3. The second-order valence-corrected chi connectivity index (χ2v) is 18.9. The van der Waals surface area contributed by atoms with Gasteiger partial charge in [-0.2, -0.15) is 0 Å². The van der Waals surface area contributed by atoms with Gasteiger partial charge in [-0.1, -0.05) is 37.5 Å². The van der Waals surface area contributed by atoms with Crippen molar-refractivity contribution in [3.63, 3.8) is 0 Å². The fraction of sp³-hybridized carbons (Fsp3) is 0.419. The number of nitrogens with one attached hydrogen (secondary N) is 2. The number of imide groups is 2. The molecule has 0 aliphatic carbocycles. The van der Waals surface area contributed by atoms with E-state index in [4.69, 9.17) is 15.2 Å². The summed E-state index contributed by atoms with van der Waals surface area (Å²) in [7, 11) is 0.136. The Hall–Kier alpha value is -5.88. The van der Waals surface area contributed by atoms with Crippen LogP contribution in [0.4, 0.5) is 0 Å². The maximum absolute atomic E-state index is 13.3. The van der Waals surface area contributed by atoms with E-state index in [1.54, 1.807) is 43.6 Å². The zero-order chi connectivity index (χ0) is 43.4. The van der Waals surface area contributed by atoms with Crippen molar-refractivity contribution >= 4 is 66.6 Å². The minimum absolute atomic E-state index is 0.0677. The van der Waals surface area contributed by atoms with Crippen LogP contribution in [0.25, 0.3) is 21.2 Å². The van der Waals surface area contributed by atoms with Crippen molar-refractivity contribution in [3.05, 3.63) is 80.6 Å². The topological polar surface area (TPSA) is 226 Å². The van der Waals surface area contributed by atoms with E-state index in [-0.39, 0.29) is 59.9 Å². The standard InChI is InChI=1S/C43H48N6O10S2/c1-48-23-30(38-29(41(48)53)22-34(60-38)39(44)46-27-16-19-61(56,57)20-17-27)26-12-14-32(33(21-26)58-2)59-24-36(51)45-18-7-5-3-4-6-9-25-10-8-11-28-37(25)43(55)49(42(28)54)31-13-15-35(50)47-40(31)52/h8,10-12,14,21-23,27,31H,3-7,9,13,15-20,24H2,1-2H3,(H2,44,46)(H,45,51)(H,47,50,52). The lowest BCUT2D eigenvalue weighted by atomic mass is 9.97. The van der Waals surface area contributed by atoms with Gasteiger partial charge >= 0.3 is 0 Å². The number of amides is 5. The summed E-state index contributed by atoms with van der Waals surface area (Å²) >= 11 is 1.34. The van der Waals surface area contributed by atoms with Gasteiger partial charge in [0.05, 0.1) is 46.0 Å². The number of rotatable bonds is 16. The molecule has 4 N–H and O–H groups in total. The van der Waals surface area contributed by atoms with Crippen LogP contribution in [-0.2, 0) is 37.7 Å². The lowest BCUT2D eigenvalue weighted by Crippen LogP contribution is -2.54. The lowest BCUT2D eigenvalue weighted by molar-refractivity contribution is -0.136. The fourth-order valence-electron chi connectivity index (χ4n) is 7.99. The zero-order valence-corrected chi connectivity index (χ0v) is 35.6. The number of carbonyl (C=O) groups is 5. The van der Waals surface area contributed by atoms with Crippen molar-refractivity contribution in [3.8, 4) is 22.6 Å². The molecule has 0 radical (unpaired) electrons. The molecule has 4 aromatic rings. The van der Waals surface area contributed by atoms with Gasteiger partial charge in [-0.3, -0.25) is 44.0 Å². The van der Waals surface area contributed by atoms with E-state index in [2.05, 4.69) is 15.6 Å². The van der Waals surface area contributed by atoms with Gasteiger partial charge in [-0.05, 0) is 73.9 Å². The van der Waals surface area contributed by atoms with Crippen LogP contribution < -0.4 is 31.4 Å². The molecule has 2 aromatic heterocycles. The first-order chi connectivity index (χ1) is 29.2. The summed E-state index contributed by atoms with van der Waals surface area (Å²) in [6, 6.07) is 11.0. The largest absolute Gasteiger partial charge is 0.493 e. The van der Waals surface area contributed by atoms with Gasteiger partial charge < -0.3 is 25.1 Å². The maximum Gasteiger partial charge on any atom is 0.262 e. The number of fused-ring (bicyclic) bond motifs is 2. The van der Waals surface area contributed by atoms with E-state index in [0.717, 1.165) is 53.7 Å². The molecule has 2 aromatic carbocycles. The summed E-state index contributed by atoms with van der Waals surface area (Å²) in [6.07, 6.45) is 7.56. The molecule has 3 aliphatic heterocycles. The molecule has 1 unspecified atom stereocenters. The highest BCUT2D eigenvalue weighted by Gasteiger charge is 2.45.